The molecule has 1 saturated carbocycles. The average Bonchev–Trinajstić information content (AvgIpc) is 2.86. The first-order chi connectivity index (χ1) is 10.1. The van der Waals surface area contributed by atoms with E-state index in [1.54, 1.807) is 6.92 Å². The summed E-state index contributed by atoms with van der Waals surface area (Å²) in [6.45, 7) is 5.40. The van der Waals surface area contributed by atoms with E-state index in [0.717, 1.165) is 37.0 Å². The fourth-order valence-corrected chi connectivity index (χ4v) is 3.27. The Bertz CT molecular complexity index is 533. The Morgan fingerprint density at radius 3 is 2.81 bits per heavy atom. The van der Waals surface area contributed by atoms with Gasteiger partial charge in [0.25, 0.3) is 0 Å². The molecule has 1 aliphatic carbocycles. The summed E-state index contributed by atoms with van der Waals surface area (Å²) in [5.74, 6) is -0.350. The summed E-state index contributed by atoms with van der Waals surface area (Å²) in [4.78, 5) is 28.6. The van der Waals surface area contributed by atoms with Gasteiger partial charge in [0.1, 0.15) is 11.5 Å². The molecule has 21 heavy (non-hydrogen) atoms. The van der Waals surface area contributed by atoms with Gasteiger partial charge in [-0.05, 0) is 19.8 Å². The third kappa shape index (κ3) is 4.14. The van der Waals surface area contributed by atoms with Crippen LogP contribution in [0.5, 0.6) is 0 Å². The van der Waals surface area contributed by atoms with Crippen molar-refractivity contribution < 1.29 is 14.3 Å². The van der Waals surface area contributed by atoms with Crippen LogP contribution in [-0.4, -0.2) is 23.5 Å². The first-order valence-electron chi connectivity index (χ1n) is 7.18. The number of nitrogens with one attached hydrogen (secondary N) is 1. The van der Waals surface area contributed by atoms with Crippen molar-refractivity contribution in [1.29, 1.82) is 0 Å². The molecule has 1 aromatic heterocycles. The van der Waals surface area contributed by atoms with Crippen LogP contribution in [0.2, 0.25) is 0 Å². The Hall–Kier alpha value is -1.69. The van der Waals surface area contributed by atoms with Crippen LogP contribution in [0.1, 0.15) is 47.5 Å². The van der Waals surface area contributed by atoms with Crippen molar-refractivity contribution in [3.63, 3.8) is 0 Å². The fraction of sp³-hybridized carbons (Fsp3) is 0.533. The number of anilines is 1. The smallest absolute Gasteiger partial charge is 0.350 e. The first-order valence-corrected chi connectivity index (χ1v) is 7.99. The number of hydrogen-bond donors (Lipinski definition) is 1. The number of nitrogens with zero attached hydrogens (tertiary/aromatic N) is 1. The lowest BCUT2D eigenvalue weighted by Gasteiger charge is -2.19. The Balaban J connectivity index is 1.99. The maximum Gasteiger partial charge on any atom is 0.350 e. The molecule has 2 rings (SSSR count). The van der Waals surface area contributed by atoms with Crippen molar-refractivity contribution >= 4 is 28.3 Å². The number of rotatable bonds is 5. The topological polar surface area (TPSA) is 68.3 Å². The quantitative estimate of drug-likeness (QED) is 0.669. The van der Waals surface area contributed by atoms with Gasteiger partial charge in [-0.2, -0.15) is 0 Å². The van der Waals surface area contributed by atoms with Crippen LogP contribution in [0, 0.1) is 12.8 Å². The maximum atomic E-state index is 12.2. The monoisotopic (exact) mass is 308 g/mol. The van der Waals surface area contributed by atoms with E-state index in [2.05, 4.69) is 16.9 Å². The Labute approximate surface area is 128 Å². The predicted octanol–water partition coefficient (Wildman–Crippen LogP) is 3.31. The molecule has 1 fully saturated rings. The molecule has 0 aliphatic heterocycles. The molecule has 114 valence electrons. The van der Waals surface area contributed by atoms with E-state index in [-0.39, 0.29) is 18.4 Å². The second-order valence-corrected chi connectivity index (χ2v) is 6.14. The highest BCUT2D eigenvalue weighted by atomic mass is 32.1. The van der Waals surface area contributed by atoms with Gasteiger partial charge in [-0.25, -0.2) is 9.78 Å². The summed E-state index contributed by atoms with van der Waals surface area (Å²) in [5, 5.41) is 3.29. The molecule has 1 aromatic rings. The average molecular weight is 308 g/mol. The highest BCUT2D eigenvalue weighted by molar-refractivity contribution is 7.17. The zero-order chi connectivity index (χ0) is 15.2. The molecular weight excluding hydrogens is 288 g/mol. The van der Waals surface area contributed by atoms with Crippen molar-refractivity contribution in [2.45, 2.75) is 39.0 Å². The predicted molar refractivity (Wildman–Crippen MR) is 82.5 cm³/mol. The van der Waals surface area contributed by atoms with Crippen molar-refractivity contribution in [3.8, 4) is 0 Å². The summed E-state index contributed by atoms with van der Waals surface area (Å²) in [7, 11) is 0. The van der Waals surface area contributed by atoms with E-state index in [1.165, 1.54) is 12.5 Å². The first kappa shape index (κ1) is 15.7. The lowest BCUT2D eigenvalue weighted by Crippen LogP contribution is -2.24. The van der Waals surface area contributed by atoms with Crippen molar-refractivity contribution in [1.82, 2.24) is 4.98 Å². The highest BCUT2D eigenvalue weighted by Gasteiger charge is 2.23. The summed E-state index contributed by atoms with van der Waals surface area (Å²) in [6, 6.07) is 0. The minimum Gasteiger partial charge on any atom is -0.457 e. The SMILES string of the molecule is C=CCOC(=O)c1sc(NC(=O)C2CCCCC2)nc1C. The number of carbonyl (C=O) groups excluding carboxylic acids is 2. The van der Waals surface area contributed by atoms with Crippen LogP contribution in [0.25, 0.3) is 0 Å². The molecule has 1 aliphatic rings. The van der Waals surface area contributed by atoms with Gasteiger partial charge in [-0.3, -0.25) is 4.79 Å². The van der Waals surface area contributed by atoms with E-state index in [1.807, 2.05) is 0 Å². The molecule has 0 atom stereocenters. The van der Waals surface area contributed by atoms with Crippen LogP contribution in [0.15, 0.2) is 12.7 Å². The minimum absolute atomic E-state index is 0.00876. The molecule has 5 nitrogen and oxygen atoms in total. The van der Waals surface area contributed by atoms with Crippen molar-refractivity contribution in [2.24, 2.45) is 5.92 Å². The Morgan fingerprint density at radius 2 is 2.14 bits per heavy atom. The number of aromatic nitrogens is 1. The van der Waals surface area contributed by atoms with Gasteiger partial charge in [-0.15, -0.1) is 0 Å². The van der Waals surface area contributed by atoms with E-state index in [4.69, 9.17) is 4.74 Å². The number of aryl methyl sites for hydroxylation is 1. The molecule has 1 amide bonds. The van der Waals surface area contributed by atoms with Gasteiger partial charge in [0.15, 0.2) is 5.13 Å². The largest absolute Gasteiger partial charge is 0.457 e. The number of ether oxygens (including phenoxy) is 1. The van der Waals surface area contributed by atoms with Gasteiger partial charge in [0, 0.05) is 5.92 Å². The zero-order valence-corrected chi connectivity index (χ0v) is 13.0. The lowest BCUT2D eigenvalue weighted by molar-refractivity contribution is -0.120. The Kier molecular flexibility index (Phi) is 5.50. The molecule has 0 saturated heterocycles. The Morgan fingerprint density at radius 1 is 1.43 bits per heavy atom. The molecule has 0 aromatic carbocycles. The molecule has 0 unspecified atom stereocenters. The molecular formula is C15H20N2O3S. The van der Waals surface area contributed by atoms with Crippen molar-refractivity contribution in [2.75, 3.05) is 11.9 Å². The lowest BCUT2D eigenvalue weighted by atomic mass is 9.89. The summed E-state index contributed by atoms with van der Waals surface area (Å²) < 4.78 is 4.99. The molecule has 0 radical (unpaired) electrons. The maximum absolute atomic E-state index is 12.2. The van der Waals surface area contributed by atoms with E-state index >= 15 is 0 Å². The third-order valence-electron chi connectivity index (χ3n) is 3.52. The van der Waals surface area contributed by atoms with Gasteiger partial charge in [0.2, 0.25) is 5.91 Å². The molecule has 0 spiro atoms. The zero-order valence-electron chi connectivity index (χ0n) is 12.2. The van der Waals surface area contributed by atoms with Gasteiger partial charge in [-0.1, -0.05) is 43.3 Å². The highest BCUT2D eigenvalue weighted by Crippen LogP contribution is 2.27. The number of esters is 1. The van der Waals surface area contributed by atoms with E-state index in [0.29, 0.717) is 15.7 Å². The summed E-state index contributed by atoms with van der Waals surface area (Å²) in [5.41, 5.74) is 0.577. The third-order valence-corrected chi connectivity index (χ3v) is 4.57. The van der Waals surface area contributed by atoms with E-state index in [9.17, 15) is 9.59 Å². The van der Waals surface area contributed by atoms with E-state index < -0.39 is 5.97 Å². The summed E-state index contributed by atoms with van der Waals surface area (Å²) >= 11 is 1.16. The normalized spacial score (nSPS) is 15.5. The van der Waals surface area contributed by atoms with Crippen LogP contribution >= 0.6 is 11.3 Å². The number of carbonyl (C=O) groups is 2. The van der Waals surface area contributed by atoms with Crippen LogP contribution in [0.3, 0.4) is 0 Å². The fourth-order valence-electron chi connectivity index (χ4n) is 2.41. The molecule has 1 N–H and O–H groups in total. The second-order valence-electron chi connectivity index (χ2n) is 5.14. The van der Waals surface area contributed by atoms with Gasteiger partial charge >= 0.3 is 5.97 Å². The summed E-state index contributed by atoms with van der Waals surface area (Å²) in [6.07, 6.45) is 6.80. The number of amides is 1. The van der Waals surface area contributed by atoms with Crippen molar-refractivity contribution in [3.05, 3.63) is 23.2 Å². The van der Waals surface area contributed by atoms with Gasteiger partial charge in [0.05, 0.1) is 5.69 Å². The molecule has 6 heteroatoms. The second kappa shape index (κ2) is 7.36. The minimum atomic E-state index is -0.428. The van der Waals surface area contributed by atoms with Crippen LogP contribution < -0.4 is 5.32 Å². The standard InChI is InChI=1S/C15H20N2O3S/c1-3-9-20-14(19)12-10(2)16-15(21-12)17-13(18)11-7-5-4-6-8-11/h3,11H,1,4-9H2,2H3,(H,16,17,18). The molecule has 1 heterocycles. The number of thiazole rings is 1. The van der Waals surface area contributed by atoms with Crippen LogP contribution in [-0.2, 0) is 9.53 Å². The van der Waals surface area contributed by atoms with Crippen LogP contribution in [0.4, 0.5) is 5.13 Å². The molecule has 0 bridgehead atoms. The van der Waals surface area contributed by atoms with Gasteiger partial charge < -0.3 is 10.1 Å². The number of hydrogen-bond acceptors (Lipinski definition) is 5.